The number of nitrogens with zero attached hydrogens (tertiary/aromatic N) is 4. The largest absolute Gasteiger partial charge is 0.461 e. The van der Waals surface area contributed by atoms with Gasteiger partial charge in [-0.25, -0.2) is 13.8 Å². The lowest BCUT2D eigenvalue weighted by atomic mass is 9.95. The second kappa shape index (κ2) is 16.0. The molecule has 48 heavy (non-hydrogen) atoms. The number of hydrogen-bond donors (Lipinski definition) is 2. The van der Waals surface area contributed by atoms with Gasteiger partial charge in [0.25, 0.3) is 0 Å². The Kier molecular flexibility index (Phi) is 11.8. The number of anilines is 1. The fourth-order valence-electron chi connectivity index (χ4n) is 7.49. The van der Waals surface area contributed by atoms with Crippen LogP contribution in [0.25, 0.3) is 32.9 Å². The van der Waals surface area contributed by atoms with Crippen LogP contribution in [0, 0.1) is 24.0 Å². The van der Waals surface area contributed by atoms with E-state index in [9.17, 15) is 4.39 Å². The van der Waals surface area contributed by atoms with Crippen molar-refractivity contribution >= 4 is 27.5 Å². The molecule has 0 unspecified atom stereocenters. The summed E-state index contributed by atoms with van der Waals surface area (Å²) in [5, 5.41) is 8.85. The molecule has 2 fully saturated rings. The summed E-state index contributed by atoms with van der Waals surface area (Å²) in [6.45, 7) is 14.5. The van der Waals surface area contributed by atoms with Gasteiger partial charge in [0.05, 0.1) is 22.2 Å². The van der Waals surface area contributed by atoms with Gasteiger partial charge in [-0.05, 0) is 82.5 Å². The van der Waals surface area contributed by atoms with Crippen LogP contribution in [0.1, 0.15) is 90.8 Å². The van der Waals surface area contributed by atoms with E-state index in [1.807, 2.05) is 39.8 Å². The average molecular weight is 657 g/mol. The summed E-state index contributed by atoms with van der Waals surface area (Å²) >= 11 is 0. The van der Waals surface area contributed by atoms with Crippen molar-refractivity contribution in [3.63, 3.8) is 0 Å². The molecule has 3 aliphatic rings. The maximum absolute atomic E-state index is 16.9. The third kappa shape index (κ3) is 6.83. The standard InChI is InChI=1S/C35H38F2N6O.2C2H6/c1-3-17-38-20-23-10-6-12-27-29-32(41-34(42-33(29)39-23)44-21-35-15-7-18-43(35)19-8-16-35)30(37)31(40-27)25-11-5-9-22-13-14-26(36)24(4-2)28(22)25;2*1-2/h2,5,9,11,13-14,23,38H,3,6-8,10,12,15-21H2,1H3,(H,39,41,42);2*1-2H3/t23-;;/m1../s1. The molecule has 7 rings (SSSR count). The molecule has 1 atom stereocenters. The monoisotopic (exact) mass is 656 g/mol. The molecule has 0 spiro atoms. The Hall–Kier alpha value is -3.87. The predicted molar refractivity (Wildman–Crippen MR) is 193 cm³/mol. The van der Waals surface area contributed by atoms with Gasteiger partial charge < -0.3 is 15.4 Å². The number of terminal acetylenes is 1. The third-order valence-corrected chi connectivity index (χ3v) is 9.64. The Morgan fingerprint density at radius 3 is 2.52 bits per heavy atom. The summed E-state index contributed by atoms with van der Waals surface area (Å²) in [4.78, 5) is 17.0. The van der Waals surface area contributed by atoms with Gasteiger partial charge in [0, 0.05) is 23.5 Å². The highest BCUT2D eigenvalue weighted by Gasteiger charge is 2.45. The van der Waals surface area contributed by atoms with Crippen molar-refractivity contribution in [1.29, 1.82) is 0 Å². The van der Waals surface area contributed by atoms with Crippen LogP contribution in [0.3, 0.4) is 0 Å². The van der Waals surface area contributed by atoms with Gasteiger partial charge in [-0.1, -0.05) is 64.8 Å². The molecule has 2 aromatic carbocycles. The molecular weight excluding hydrogens is 606 g/mol. The average Bonchev–Trinajstić information content (AvgIpc) is 3.70. The lowest BCUT2D eigenvalue weighted by molar-refractivity contribution is 0.108. The fourth-order valence-corrected chi connectivity index (χ4v) is 7.49. The van der Waals surface area contributed by atoms with Gasteiger partial charge in [0.2, 0.25) is 0 Å². The zero-order chi connectivity index (χ0) is 34.3. The maximum Gasteiger partial charge on any atom is 0.319 e. The van der Waals surface area contributed by atoms with Crippen LogP contribution in [0.2, 0.25) is 0 Å². The van der Waals surface area contributed by atoms with E-state index in [4.69, 9.17) is 26.1 Å². The van der Waals surface area contributed by atoms with E-state index in [2.05, 4.69) is 28.4 Å². The Balaban J connectivity index is 0.00000109. The number of hydrogen-bond acceptors (Lipinski definition) is 7. The van der Waals surface area contributed by atoms with E-state index in [-0.39, 0.29) is 34.4 Å². The molecule has 0 radical (unpaired) electrons. The zero-order valence-corrected chi connectivity index (χ0v) is 29.2. The molecule has 0 saturated carbocycles. The Bertz CT molecular complexity index is 1760. The number of ether oxygens (including phenoxy) is 1. The molecule has 2 N–H and O–H groups in total. The van der Waals surface area contributed by atoms with E-state index in [1.165, 1.54) is 6.07 Å². The zero-order valence-electron chi connectivity index (χ0n) is 29.2. The molecule has 2 aromatic heterocycles. The highest BCUT2D eigenvalue weighted by atomic mass is 19.1. The van der Waals surface area contributed by atoms with E-state index in [0.717, 1.165) is 71.1 Å². The number of halogens is 2. The summed E-state index contributed by atoms with van der Waals surface area (Å²) in [5.74, 6) is 1.90. The van der Waals surface area contributed by atoms with Crippen molar-refractivity contribution in [1.82, 2.24) is 25.2 Å². The third-order valence-electron chi connectivity index (χ3n) is 9.64. The minimum Gasteiger partial charge on any atom is -0.461 e. The molecule has 3 aliphatic heterocycles. The normalized spacial score (nSPS) is 18.0. The number of nitrogens with one attached hydrogen (secondary N) is 2. The van der Waals surface area contributed by atoms with E-state index in [1.54, 1.807) is 12.1 Å². The first-order chi connectivity index (χ1) is 23.5. The van der Waals surface area contributed by atoms with Gasteiger partial charge >= 0.3 is 6.01 Å². The number of aryl methyl sites for hydroxylation is 1. The molecule has 0 bridgehead atoms. The molecule has 0 aliphatic carbocycles. The Labute approximate surface area is 284 Å². The first-order valence-corrected chi connectivity index (χ1v) is 17.9. The lowest BCUT2D eigenvalue weighted by Gasteiger charge is -2.31. The van der Waals surface area contributed by atoms with Crippen LogP contribution >= 0.6 is 0 Å². The highest BCUT2D eigenvalue weighted by Crippen LogP contribution is 2.41. The van der Waals surface area contributed by atoms with E-state index < -0.39 is 11.6 Å². The number of benzene rings is 2. The van der Waals surface area contributed by atoms with E-state index in [0.29, 0.717) is 46.3 Å². The second-order valence-corrected chi connectivity index (χ2v) is 12.4. The summed E-state index contributed by atoms with van der Waals surface area (Å²) in [5.41, 5.74) is 1.50. The number of aromatic nitrogens is 3. The van der Waals surface area contributed by atoms with Gasteiger partial charge in [0.15, 0.2) is 5.82 Å². The Morgan fingerprint density at radius 1 is 1.02 bits per heavy atom. The van der Waals surface area contributed by atoms with Crippen LogP contribution in [0.4, 0.5) is 14.6 Å². The maximum atomic E-state index is 16.9. The summed E-state index contributed by atoms with van der Waals surface area (Å²) < 4.78 is 38.1. The van der Waals surface area contributed by atoms with Crippen LogP contribution in [0.15, 0.2) is 30.3 Å². The highest BCUT2D eigenvalue weighted by molar-refractivity contribution is 6.02. The molecule has 9 heteroatoms. The first kappa shape index (κ1) is 35.4. The van der Waals surface area contributed by atoms with Crippen LogP contribution in [-0.4, -0.2) is 64.2 Å². The summed E-state index contributed by atoms with van der Waals surface area (Å²) in [7, 11) is 0. The second-order valence-electron chi connectivity index (χ2n) is 12.4. The number of fused-ring (bicyclic) bond motifs is 2. The van der Waals surface area contributed by atoms with Crippen molar-refractivity contribution < 1.29 is 13.5 Å². The molecule has 4 aromatic rings. The quantitative estimate of drug-likeness (QED) is 0.146. The topological polar surface area (TPSA) is 75.2 Å². The van der Waals surface area contributed by atoms with Crippen molar-refractivity contribution in [3.8, 4) is 29.6 Å². The van der Waals surface area contributed by atoms with Gasteiger partial charge in [-0.3, -0.25) is 4.90 Å². The molecule has 0 amide bonds. The van der Waals surface area contributed by atoms with Crippen LogP contribution in [0.5, 0.6) is 6.01 Å². The first-order valence-electron chi connectivity index (χ1n) is 17.9. The SMILES string of the molecule is C#Cc1c(F)ccc2cccc(-c3nc4c5c(nc(OCC67CCCN6CCC7)nc5c3F)N[C@@H](CNCCC)CCC4)c12.CC.CC. The number of rotatable bonds is 8. The summed E-state index contributed by atoms with van der Waals surface area (Å²) in [6, 6.07) is 8.67. The molecule has 256 valence electrons. The van der Waals surface area contributed by atoms with Crippen LogP contribution < -0.4 is 15.4 Å². The van der Waals surface area contributed by atoms with Crippen molar-refractivity contribution in [2.75, 3.05) is 38.1 Å². The lowest BCUT2D eigenvalue weighted by Crippen LogP contribution is -2.43. The van der Waals surface area contributed by atoms with Crippen molar-refractivity contribution in [3.05, 3.63) is 53.2 Å². The predicted octanol–water partition coefficient (Wildman–Crippen LogP) is 8.28. The minimum atomic E-state index is -0.596. The molecular formula is C39H50F2N6O. The summed E-state index contributed by atoms with van der Waals surface area (Å²) in [6.07, 6.45) is 13.6. The van der Waals surface area contributed by atoms with Gasteiger partial charge in [-0.2, -0.15) is 9.97 Å². The van der Waals surface area contributed by atoms with Crippen molar-refractivity contribution in [2.45, 2.75) is 97.6 Å². The van der Waals surface area contributed by atoms with E-state index >= 15 is 4.39 Å². The Morgan fingerprint density at radius 2 is 1.79 bits per heavy atom. The smallest absolute Gasteiger partial charge is 0.319 e. The van der Waals surface area contributed by atoms with Crippen LogP contribution in [-0.2, 0) is 6.42 Å². The molecule has 2 saturated heterocycles. The fraction of sp³-hybridized carbons (Fsp3) is 0.513. The van der Waals surface area contributed by atoms with Gasteiger partial charge in [0.1, 0.15) is 29.5 Å². The minimum absolute atomic E-state index is 0.00425. The van der Waals surface area contributed by atoms with Gasteiger partial charge in [-0.15, -0.1) is 6.42 Å². The number of pyridine rings is 1. The molecule has 7 nitrogen and oxygen atoms in total. The molecule has 5 heterocycles. The van der Waals surface area contributed by atoms with Crippen molar-refractivity contribution in [2.24, 2.45) is 0 Å².